The van der Waals surface area contributed by atoms with Crippen molar-refractivity contribution in [1.82, 2.24) is 4.72 Å². The minimum Gasteiger partial charge on any atom is -0.322 e. The highest BCUT2D eigenvalue weighted by Gasteiger charge is 2.44. The maximum absolute atomic E-state index is 16.0. The first-order chi connectivity index (χ1) is 13.7. The van der Waals surface area contributed by atoms with Crippen molar-refractivity contribution in [1.29, 1.82) is 0 Å². The molecule has 0 saturated heterocycles. The maximum Gasteiger partial charge on any atom is 0.255 e. The standard InChI is InChI=1S/C22H27FN2O3S/c1-16(2)29(27,28)25-20-10-6-7-15-22(20,23)18-11-13-19(14-12-18)24-21(26)17-8-4-3-5-9-17/h3-5,8-9,11-14,16,20,25H,6-7,10,15H2,1-2H3,(H,24,26)/t20-,22-/m0/s1. The van der Waals surface area contributed by atoms with E-state index in [0.29, 0.717) is 29.7 Å². The number of nitrogens with one attached hydrogen (secondary N) is 2. The number of carbonyl (C=O) groups is 1. The van der Waals surface area contributed by atoms with Crippen LogP contribution in [0, 0.1) is 0 Å². The molecule has 1 aliphatic carbocycles. The van der Waals surface area contributed by atoms with E-state index in [1.807, 2.05) is 6.07 Å². The first-order valence-electron chi connectivity index (χ1n) is 9.89. The summed E-state index contributed by atoms with van der Waals surface area (Å²) in [5.41, 5.74) is -0.260. The van der Waals surface area contributed by atoms with E-state index in [0.717, 1.165) is 6.42 Å². The molecule has 0 radical (unpaired) electrons. The number of hydrogen-bond acceptors (Lipinski definition) is 3. The van der Waals surface area contributed by atoms with Crippen molar-refractivity contribution in [2.24, 2.45) is 0 Å². The fraction of sp³-hybridized carbons (Fsp3) is 0.409. The van der Waals surface area contributed by atoms with Gasteiger partial charge in [-0.2, -0.15) is 0 Å². The Kier molecular flexibility index (Phi) is 6.39. The fourth-order valence-corrected chi connectivity index (χ4v) is 4.56. The monoisotopic (exact) mass is 418 g/mol. The van der Waals surface area contributed by atoms with Crippen molar-refractivity contribution in [3.63, 3.8) is 0 Å². The van der Waals surface area contributed by atoms with Crippen LogP contribution in [0.4, 0.5) is 10.1 Å². The topological polar surface area (TPSA) is 75.3 Å². The molecule has 1 fully saturated rings. The molecule has 29 heavy (non-hydrogen) atoms. The zero-order valence-corrected chi connectivity index (χ0v) is 17.5. The maximum atomic E-state index is 16.0. The number of benzene rings is 2. The number of alkyl halides is 1. The average molecular weight is 419 g/mol. The predicted molar refractivity (Wildman–Crippen MR) is 113 cm³/mol. The number of amides is 1. The van der Waals surface area contributed by atoms with Crippen molar-refractivity contribution in [2.45, 2.75) is 56.5 Å². The second-order valence-corrected chi connectivity index (χ2v) is 10.0. The van der Waals surface area contributed by atoms with Crippen molar-refractivity contribution in [2.75, 3.05) is 5.32 Å². The SMILES string of the molecule is CC(C)S(=O)(=O)N[C@H]1CCCC[C@]1(F)c1ccc(NC(=O)c2ccccc2)cc1. The molecule has 1 saturated carbocycles. The Morgan fingerprint density at radius 3 is 2.34 bits per heavy atom. The van der Waals surface area contributed by atoms with E-state index in [1.54, 1.807) is 62.4 Å². The lowest BCUT2D eigenvalue weighted by molar-refractivity contribution is 0.0712. The Hall–Kier alpha value is -2.25. The van der Waals surface area contributed by atoms with Crippen LogP contribution < -0.4 is 10.0 Å². The molecule has 2 atom stereocenters. The zero-order valence-electron chi connectivity index (χ0n) is 16.7. The van der Waals surface area contributed by atoms with Crippen LogP contribution in [-0.4, -0.2) is 25.6 Å². The molecule has 7 heteroatoms. The van der Waals surface area contributed by atoms with Gasteiger partial charge in [-0.05, 0) is 62.9 Å². The fourth-order valence-electron chi connectivity index (χ4n) is 3.59. The largest absolute Gasteiger partial charge is 0.322 e. The lowest BCUT2D eigenvalue weighted by Crippen LogP contribution is -2.51. The highest BCUT2D eigenvalue weighted by Crippen LogP contribution is 2.41. The molecule has 1 amide bonds. The van der Waals surface area contributed by atoms with Crippen LogP contribution in [-0.2, 0) is 15.7 Å². The molecule has 5 nitrogen and oxygen atoms in total. The van der Waals surface area contributed by atoms with Crippen LogP contribution in [0.2, 0.25) is 0 Å². The molecule has 0 aliphatic heterocycles. The van der Waals surface area contributed by atoms with E-state index in [-0.39, 0.29) is 12.3 Å². The van der Waals surface area contributed by atoms with Crippen LogP contribution in [0.5, 0.6) is 0 Å². The van der Waals surface area contributed by atoms with E-state index < -0.39 is 27.0 Å². The highest BCUT2D eigenvalue weighted by molar-refractivity contribution is 7.90. The van der Waals surface area contributed by atoms with Crippen molar-refractivity contribution in [3.05, 3.63) is 65.7 Å². The Labute approximate surface area is 171 Å². The van der Waals surface area contributed by atoms with Crippen LogP contribution in [0.15, 0.2) is 54.6 Å². The van der Waals surface area contributed by atoms with Gasteiger partial charge in [0.25, 0.3) is 5.91 Å². The number of rotatable bonds is 6. The summed E-state index contributed by atoms with van der Waals surface area (Å²) in [6.07, 6.45) is 2.19. The molecule has 1 aliphatic rings. The van der Waals surface area contributed by atoms with Crippen LogP contribution in [0.25, 0.3) is 0 Å². The number of hydrogen-bond donors (Lipinski definition) is 2. The molecule has 3 rings (SSSR count). The zero-order chi connectivity index (χ0) is 21.1. The van der Waals surface area contributed by atoms with Gasteiger partial charge in [-0.15, -0.1) is 0 Å². The molecule has 0 heterocycles. The second-order valence-electron chi connectivity index (χ2n) is 7.77. The van der Waals surface area contributed by atoms with Gasteiger partial charge in [0.1, 0.15) is 0 Å². The summed E-state index contributed by atoms with van der Waals surface area (Å²) in [6.45, 7) is 3.16. The van der Waals surface area contributed by atoms with Gasteiger partial charge in [0.05, 0.1) is 11.3 Å². The Morgan fingerprint density at radius 1 is 1.07 bits per heavy atom. The predicted octanol–water partition coefficient (Wildman–Crippen LogP) is 4.37. The summed E-state index contributed by atoms with van der Waals surface area (Å²) < 4.78 is 43.2. The van der Waals surface area contributed by atoms with Crippen LogP contribution in [0.1, 0.15) is 55.5 Å². The Morgan fingerprint density at radius 2 is 1.72 bits per heavy atom. The van der Waals surface area contributed by atoms with Gasteiger partial charge in [-0.3, -0.25) is 4.79 Å². The second kappa shape index (κ2) is 8.63. The normalized spacial score (nSPS) is 22.4. The van der Waals surface area contributed by atoms with Gasteiger partial charge in [-0.25, -0.2) is 17.5 Å². The summed E-state index contributed by atoms with van der Waals surface area (Å²) in [6, 6.07) is 14.6. The quantitative estimate of drug-likeness (QED) is 0.731. The van der Waals surface area contributed by atoms with Gasteiger partial charge in [-0.1, -0.05) is 36.8 Å². The Balaban J connectivity index is 1.78. The lowest BCUT2D eigenvalue weighted by atomic mass is 9.77. The average Bonchev–Trinajstić information content (AvgIpc) is 2.70. The third kappa shape index (κ3) is 4.85. The van der Waals surface area contributed by atoms with E-state index in [2.05, 4.69) is 10.0 Å². The first kappa shape index (κ1) is 21.5. The Bertz CT molecular complexity index is 946. The molecular weight excluding hydrogens is 391 g/mol. The van der Waals surface area contributed by atoms with E-state index >= 15 is 4.39 Å². The van der Waals surface area contributed by atoms with Crippen molar-refractivity contribution >= 4 is 21.6 Å². The van der Waals surface area contributed by atoms with Crippen molar-refractivity contribution < 1.29 is 17.6 Å². The van der Waals surface area contributed by atoms with Gasteiger partial charge < -0.3 is 5.32 Å². The van der Waals surface area contributed by atoms with E-state index in [1.165, 1.54) is 0 Å². The first-order valence-corrected chi connectivity index (χ1v) is 11.4. The van der Waals surface area contributed by atoms with Crippen LogP contribution in [0.3, 0.4) is 0 Å². The number of carbonyl (C=O) groups excluding carboxylic acids is 1. The van der Waals surface area contributed by atoms with Crippen molar-refractivity contribution in [3.8, 4) is 0 Å². The minimum atomic E-state index is -3.58. The van der Waals surface area contributed by atoms with E-state index in [4.69, 9.17) is 0 Å². The molecular formula is C22H27FN2O3S. The third-order valence-electron chi connectivity index (χ3n) is 5.42. The van der Waals surface area contributed by atoms with Gasteiger partial charge >= 0.3 is 0 Å². The number of anilines is 1. The molecule has 2 aromatic carbocycles. The van der Waals surface area contributed by atoms with Gasteiger partial charge in [0, 0.05) is 11.3 Å². The molecule has 2 aromatic rings. The van der Waals surface area contributed by atoms with Crippen LogP contribution >= 0.6 is 0 Å². The summed E-state index contributed by atoms with van der Waals surface area (Å²) in [7, 11) is -3.58. The molecule has 2 N–H and O–H groups in total. The molecule has 156 valence electrons. The van der Waals surface area contributed by atoms with Gasteiger partial charge in [0.15, 0.2) is 5.67 Å². The smallest absolute Gasteiger partial charge is 0.255 e. The summed E-state index contributed by atoms with van der Waals surface area (Å²) in [5, 5.41) is 2.17. The molecule has 0 aromatic heterocycles. The third-order valence-corrected chi connectivity index (χ3v) is 7.28. The number of halogens is 1. The number of sulfonamides is 1. The summed E-state index contributed by atoms with van der Waals surface area (Å²) in [5.74, 6) is -0.242. The molecule has 0 unspecified atom stereocenters. The van der Waals surface area contributed by atoms with E-state index in [9.17, 15) is 13.2 Å². The lowest BCUT2D eigenvalue weighted by Gasteiger charge is -2.38. The summed E-state index contributed by atoms with van der Waals surface area (Å²) >= 11 is 0. The minimum absolute atomic E-state index is 0.242. The summed E-state index contributed by atoms with van der Waals surface area (Å²) in [4.78, 5) is 12.3. The highest BCUT2D eigenvalue weighted by atomic mass is 32.2. The van der Waals surface area contributed by atoms with Gasteiger partial charge in [0.2, 0.25) is 10.0 Å². The molecule has 0 bridgehead atoms. The molecule has 0 spiro atoms.